The highest BCUT2D eigenvalue weighted by atomic mass is 19.1. The molecule has 0 fully saturated rings. The molecule has 1 aromatic carbocycles. The maximum absolute atomic E-state index is 13.0. The third kappa shape index (κ3) is 3.67. The molecular formula is C14H18FN3. The monoisotopic (exact) mass is 247 g/mol. The standard InChI is InChI=1S/C14H18FN3/c1-2-16-7-6-14-10-18(11-17-14)9-12-4-3-5-13(15)8-12/h3-5,8,10-11,16H,2,6-7,9H2,1H3. The number of likely N-dealkylation sites (N-methyl/N-ethyl adjacent to an activating group) is 1. The van der Waals surface area contributed by atoms with Crippen LogP contribution in [0.2, 0.25) is 0 Å². The molecule has 1 heterocycles. The SMILES string of the molecule is CCNCCc1cn(Cc2cccc(F)c2)cn1. The molecule has 0 radical (unpaired) electrons. The summed E-state index contributed by atoms with van der Waals surface area (Å²) < 4.78 is 15.0. The Morgan fingerprint density at radius 3 is 3.06 bits per heavy atom. The van der Waals surface area contributed by atoms with Crippen LogP contribution in [0.25, 0.3) is 0 Å². The number of aromatic nitrogens is 2. The van der Waals surface area contributed by atoms with Crippen LogP contribution in [0.4, 0.5) is 4.39 Å². The predicted molar refractivity (Wildman–Crippen MR) is 70.0 cm³/mol. The topological polar surface area (TPSA) is 29.9 Å². The molecule has 96 valence electrons. The van der Waals surface area contributed by atoms with Gasteiger partial charge in [-0.05, 0) is 24.2 Å². The summed E-state index contributed by atoms with van der Waals surface area (Å²) in [6.07, 6.45) is 4.73. The molecule has 0 atom stereocenters. The van der Waals surface area contributed by atoms with Gasteiger partial charge in [0.15, 0.2) is 0 Å². The van der Waals surface area contributed by atoms with E-state index >= 15 is 0 Å². The maximum Gasteiger partial charge on any atom is 0.123 e. The lowest BCUT2D eigenvalue weighted by atomic mass is 10.2. The van der Waals surface area contributed by atoms with Gasteiger partial charge in [0.1, 0.15) is 5.82 Å². The highest BCUT2D eigenvalue weighted by Crippen LogP contribution is 2.06. The molecular weight excluding hydrogens is 229 g/mol. The molecule has 1 aromatic heterocycles. The first-order valence-corrected chi connectivity index (χ1v) is 6.23. The van der Waals surface area contributed by atoms with Gasteiger partial charge in [0.2, 0.25) is 0 Å². The lowest BCUT2D eigenvalue weighted by Gasteiger charge is -2.02. The van der Waals surface area contributed by atoms with Crippen molar-refractivity contribution in [2.24, 2.45) is 0 Å². The van der Waals surface area contributed by atoms with Gasteiger partial charge in [0, 0.05) is 25.7 Å². The average molecular weight is 247 g/mol. The van der Waals surface area contributed by atoms with Crippen LogP contribution in [0.15, 0.2) is 36.8 Å². The Bertz CT molecular complexity index is 493. The van der Waals surface area contributed by atoms with E-state index in [0.29, 0.717) is 6.54 Å². The molecule has 1 N–H and O–H groups in total. The first-order valence-electron chi connectivity index (χ1n) is 6.23. The summed E-state index contributed by atoms with van der Waals surface area (Å²) in [5, 5.41) is 3.26. The summed E-state index contributed by atoms with van der Waals surface area (Å²) in [5.74, 6) is -0.194. The normalized spacial score (nSPS) is 10.8. The van der Waals surface area contributed by atoms with Gasteiger partial charge in [0.25, 0.3) is 0 Å². The van der Waals surface area contributed by atoms with Gasteiger partial charge in [0.05, 0.1) is 12.0 Å². The Hall–Kier alpha value is -1.68. The third-order valence-electron chi connectivity index (χ3n) is 2.75. The van der Waals surface area contributed by atoms with Crippen LogP contribution in [0, 0.1) is 5.82 Å². The number of hydrogen-bond acceptors (Lipinski definition) is 2. The first-order chi connectivity index (χ1) is 8.78. The van der Waals surface area contributed by atoms with E-state index in [2.05, 4.69) is 17.2 Å². The van der Waals surface area contributed by atoms with E-state index in [-0.39, 0.29) is 5.82 Å². The van der Waals surface area contributed by atoms with E-state index in [4.69, 9.17) is 0 Å². The number of imidazole rings is 1. The van der Waals surface area contributed by atoms with E-state index in [1.165, 1.54) is 6.07 Å². The highest BCUT2D eigenvalue weighted by Gasteiger charge is 2.00. The van der Waals surface area contributed by atoms with Crippen LogP contribution in [-0.2, 0) is 13.0 Å². The molecule has 4 heteroatoms. The number of nitrogens with zero attached hydrogens (tertiary/aromatic N) is 2. The quantitative estimate of drug-likeness (QED) is 0.793. The minimum Gasteiger partial charge on any atom is -0.333 e. The molecule has 0 aliphatic heterocycles. The van der Waals surface area contributed by atoms with E-state index in [0.717, 1.165) is 30.8 Å². The number of rotatable bonds is 6. The summed E-state index contributed by atoms with van der Waals surface area (Å²) in [6.45, 7) is 4.66. The second-order valence-electron chi connectivity index (χ2n) is 4.27. The molecule has 0 unspecified atom stereocenters. The van der Waals surface area contributed by atoms with Crippen molar-refractivity contribution in [2.75, 3.05) is 13.1 Å². The Balaban J connectivity index is 1.94. The van der Waals surface area contributed by atoms with Crippen molar-refractivity contribution in [3.63, 3.8) is 0 Å². The van der Waals surface area contributed by atoms with Crippen molar-refractivity contribution in [3.05, 3.63) is 53.9 Å². The van der Waals surface area contributed by atoms with Gasteiger partial charge < -0.3 is 9.88 Å². The molecule has 3 nitrogen and oxygen atoms in total. The largest absolute Gasteiger partial charge is 0.333 e. The van der Waals surface area contributed by atoms with Crippen molar-refractivity contribution >= 4 is 0 Å². The fourth-order valence-corrected chi connectivity index (χ4v) is 1.86. The molecule has 0 aliphatic rings. The van der Waals surface area contributed by atoms with Crippen molar-refractivity contribution in [3.8, 4) is 0 Å². The van der Waals surface area contributed by atoms with Crippen LogP contribution < -0.4 is 5.32 Å². The van der Waals surface area contributed by atoms with Gasteiger partial charge >= 0.3 is 0 Å². The average Bonchev–Trinajstić information content (AvgIpc) is 2.77. The zero-order chi connectivity index (χ0) is 12.8. The molecule has 0 spiro atoms. The van der Waals surface area contributed by atoms with Crippen LogP contribution in [-0.4, -0.2) is 22.6 Å². The smallest absolute Gasteiger partial charge is 0.123 e. The Morgan fingerprint density at radius 2 is 2.28 bits per heavy atom. The summed E-state index contributed by atoms with van der Waals surface area (Å²) >= 11 is 0. The molecule has 2 rings (SSSR count). The van der Waals surface area contributed by atoms with Crippen LogP contribution in [0.3, 0.4) is 0 Å². The zero-order valence-electron chi connectivity index (χ0n) is 10.6. The van der Waals surface area contributed by atoms with Gasteiger partial charge in [-0.15, -0.1) is 0 Å². The molecule has 18 heavy (non-hydrogen) atoms. The molecule has 0 amide bonds. The minimum absolute atomic E-state index is 0.194. The number of halogens is 1. The lowest BCUT2D eigenvalue weighted by Crippen LogP contribution is -2.16. The number of nitrogens with one attached hydrogen (secondary N) is 1. The lowest BCUT2D eigenvalue weighted by molar-refractivity contribution is 0.623. The van der Waals surface area contributed by atoms with Gasteiger partial charge in [-0.3, -0.25) is 0 Å². The molecule has 0 aliphatic carbocycles. The minimum atomic E-state index is -0.194. The van der Waals surface area contributed by atoms with E-state index in [9.17, 15) is 4.39 Å². The summed E-state index contributed by atoms with van der Waals surface area (Å²) in [4.78, 5) is 4.34. The van der Waals surface area contributed by atoms with Crippen molar-refractivity contribution < 1.29 is 4.39 Å². The van der Waals surface area contributed by atoms with Crippen molar-refractivity contribution in [2.45, 2.75) is 19.9 Å². The van der Waals surface area contributed by atoms with Crippen LogP contribution in [0.5, 0.6) is 0 Å². The fourth-order valence-electron chi connectivity index (χ4n) is 1.86. The predicted octanol–water partition coefficient (Wildman–Crippen LogP) is 2.22. The zero-order valence-corrected chi connectivity index (χ0v) is 10.6. The van der Waals surface area contributed by atoms with Crippen LogP contribution in [0.1, 0.15) is 18.2 Å². The van der Waals surface area contributed by atoms with Gasteiger partial charge in [-0.1, -0.05) is 19.1 Å². The van der Waals surface area contributed by atoms with E-state index in [1.54, 1.807) is 18.5 Å². The molecule has 2 aromatic rings. The molecule has 0 saturated heterocycles. The number of hydrogen-bond donors (Lipinski definition) is 1. The Kier molecular flexibility index (Phi) is 4.47. The summed E-state index contributed by atoms with van der Waals surface area (Å²) in [6, 6.07) is 6.66. The summed E-state index contributed by atoms with van der Waals surface area (Å²) in [7, 11) is 0. The van der Waals surface area contributed by atoms with E-state index < -0.39 is 0 Å². The van der Waals surface area contributed by atoms with Crippen LogP contribution >= 0.6 is 0 Å². The number of benzene rings is 1. The van der Waals surface area contributed by atoms with Gasteiger partial charge in [-0.25, -0.2) is 9.37 Å². The van der Waals surface area contributed by atoms with E-state index in [1.807, 2.05) is 16.8 Å². The van der Waals surface area contributed by atoms with Gasteiger partial charge in [-0.2, -0.15) is 0 Å². The Morgan fingerprint density at radius 1 is 1.39 bits per heavy atom. The Labute approximate surface area is 107 Å². The van der Waals surface area contributed by atoms with Crippen molar-refractivity contribution in [1.82, 2.24) is 14.9 Å². The highest BCUT2D eigenvalue weighted by molar-refractivity contribution is 5.17. The third-order valence-corrected chi connectivity index (χ3v) is 2.75. The summed E-state index contributed by atoms with van der Waals surface area (Å²) in [5.41, 5.74) is 2.01. The molecule has 0 bridgehead atoms. The fraction of sp³-hybridized carbons (Fsp3) is 0.357. The second kappa shape index (κ2) is 6.31. The maximum atomic E-state index is 13.0. The van der Waals surface area contributed by atoms with Crippen molar-refractivity contribution in [1.29, 1.82) is 0 Å². The second-order valence-corrected chi connectivity index (χ2v) is 4.27. The first kappa shape index (κ1) is 12.8. The molecule has 0 saturated carbocycles.